The fourth-order valence-electron chi connectivity index (χ4n) is 3.00. The van der Waals surface area contributed by atoms with E-state index >= 15 is 0 Å². The van der Waals surface area contributed by atoms with Crippen molar-refractivity contribution in [2.45, 2.75) is 69.4 Å². The predicted molar refractivity (Wildman–Crippen MR) is 118 cm³/mol. The lowest BCUT2D eigenvalue weighted by Crippen LogP contribution is -2.45. The van der Waals surface area contributed by atoms with Crippen molar-refractivity contribution in [3.8, 4) is 5.88 Å². The highest BCUT2D eigenvalue weighted by Gasteiger charge is 2.50. The zero-order valence-electron chi connectivity index (χ0n) is 18.4. The number of hydrogen-bond acceptors (Lipinski definition) is 4. The Morgan fingerprint density at radius 1 is 1.19 bits per heavy atom. The highest BCUT2D eigenvalue weighted by molar-refractivity contribution is 6.74. The number of nitrogens with zero attached hydrogens (tertiary/aromatic N) is 1. The van der Waals surface area contributed by atoms with Gasteiger partial charge in [0.15, 0.2) is 14.4 Å². The van der Waals surface area contributed by atoms with Crippen molar-refractivity contribution in [2.24, 2.45) is 0 Å². The molecule has 1 aliphatic heterocycles. The van der Waals surface area contributed by atoms with Gasteiger partial charge in [-0.05, 0) is 29.8 Å². The van der Waals surface area contributed by atoms with E-state index in [1.165, 1.54) is 7.11 Å². The van der Waals surface area contributed by atoms with Crippen LogP contribution in [0.1, 0.15) is 50.3 Å². The Bertz CT molecular complexity index is 730. The normalized spacial score (nSPS) is 20.3. The van der Waals surface area contributed by atoms with Gasteiger partial charge in [0.25, 0.3) is 5.92 Å². The van der Waals surface area contributed by atoms with Crippen molar-refractivity contribution in [1.29, 1.82) is 0 Å². The molecule has 0 radical (unpaired) electrons. The number of piperidine rings is 1. The molecule has 2 unspecified atom stereocenters. The van der Waals surface area contributed by atoms with Crippen LogP contribution in [0.2, 0.25) is 18.1 Å². The molecular formula is C19H31Cl2F5N2O2Si. The van der Waals surface area contributed by atoms with E-state index in [1.54, 1.807) is 13.1 Å². The Kier molecular flexibility index (Phi) is 10.3. The molecule has 182 valence electrons. The third-order valence-electron chi connectivity index (χ3n) is 5.79. The van der Waals surface area contributed by atoms with Crippen molar-refractivity contribution in [1.82, 2.24) is 10.3 Å². The Labute approximate surface area is 193 Å². The lowest BCUT2D eigenvalue weighted by atomic mass is 9.88. The SMILES string of the molecule is COc1ncc(C2CNCCC2(F)F)cc1C(O[Si](C)(C)C(C)(C)C)C(F)(F)F.Cl.Cl. The molecule has 1 N–H and O–H groups in total. The maximum Gasteiger partial charge on any atom is 0.417 e. The van der Waals surface area contributed by atoms with Gasteiger partial charge in [-0.15, -0.1) is 24.8 Å². The number of aromatic nitrogens is 1. The number of rotatable bonds is 5. The first-order chi connectivity index (χ1) is 13.1. The monoisotopic (exact) mass is 512 g/mol. The minimum absolute atomic E-state index is 0. The summed E-state index contributed by atoms with van der Waals surface area (Å²) in [6.45, 7) is 9.00. The summed E-state index contributed by atoms with van der Waals surface area (Å²) in [5, 5.41) is 2.39. The highest BCUT2D eigenvalue weighted by atomic mass is 35.5. The first kappa shape index (κ1) is 30.3. The fraction of sp³-hybridized carbons (Fsp3) is 0.737. The van der Waals surface area contributed by atoms with Crippen molar-refractivity contribution >= 4 is 33.1 Å². The number of pyridine rings is 1. The molecule has 0 spiro atoms. The molecule has 0 amide bonds. The van der Waals surface area contributed by atoms with E-state index in [1.807, 2.05) is 20.8 Å². The molecule has 0 aromatic carbocycles. The van der Waals surface area contributed by atoms with Crippen LogP contribution < -0.4 is 10.1 Å². The van der Waals surface area contributed by atoms with Crippen molar-refractivity contribution in [3.05, 3.63) is 23.4 Å². The summed E-state index contributed by atoms with van der Waals surface area (Å²) < 4.78 is 81.5. The fourth-order valence-corrected chi connectivity index (χ4v) is 4.20. The van der Waals surface area contributed by atoms with Crippen LogP contribution in [0.3, 0.4) is 0 Å². The Balaban J connectivity index is 0.00000450. The van der Waals surface area contributed by atoms with Gasteiger partial charge in [-0.3, -0.25) is 0 Å². The molecule has 0 aliphatic carbocycles. The topological polar surface area (TPSA) is 43.4 Å². The molecule has 12 heteroatoms. The van der Waals surface area contributed by atoms with Crippen LogP contribution in [-0.4, -0.2) is 45.6 Å². The lowest BCUT2D eigenvalue weighted by Gasteiger charge is -2.40. The number of nitrogens with one attached hydrogen (secondary N) is 1. The van der Waals surface area contributed by atoms with Crippen LogP contribution in [0.4, 0.5) is 22.0 Å². The predicted octanol–water partition coefficient (Wildman–Crippen LogP) is 6.27. The summed E-state index contributed by atoms with van der Waals surface area (Å²) in [6, 6.07) is 1.11. The second-order valence-electron chi connectivity index (χ2n) is 8.93. The minimum atomic E-state index is -4.75. The average molecular weight is 513 g/mol. The van der Waals surface area contributed by atoms with Gasteiger partial charge < -0.3 is 14.5 Å². The smallest absolute Gasteiger partial charge is 0.417 e. The molecule has 1 aromatic rings. The van der Waals surface area contributed by atoms with Gasteiger partial charge in [-0.2, -0.15) is 13.2 Å². The maximum absolute atomic E-state index is 14.4. The zero-order chi connectivity index (χ0) is 22.3. The van der Waals surface area contributed by atoms with E-state index < -0.39 is 37.5 Å². The van der Waals surface area contributed by atoms with E-state index in [2.05, 4.69) is 10.3 Å². The van der Waals surface area contributed by atoms with Crippen molar-refractivity contribution in [2.75, 3.05) is 20.2 Å². The van der Waals surface area contributed by atoms with E-state index in [9.17, 15) is 22.0 Å². The number of halogens is 7. The average Bonchev–Trinajstić information content (AvgIpc) is 2.57. The molecular weight excluding hydrogens is 482 g/mol. The van der Waals surface area contributed by atoms with Crippen LogP contribution >= 0.6 is 24.8 Å². The molecule has 1 saturated heterocycles. The number of hydrogen-bond donors (Lipinski definition) is 1. The molecule has 31 heavy (non-hydrogen) atoms. The summed E-state index contributed by atoms with van der Waals surface area (Å²) in [7, 11) is -1.65. The molecule has 0 saturated carbocycles. The molecule has 2 heterocycles. The van der Waals surface area contributed by atoms with Gasteiger partial charge in [0, 0.05) is 25.7 Å². The van der Waals surface area contributed by atoms with Crippen LogP contribution in [0, 0.1) is 0 Å². The molecule has 1 aromatic heterocycles. The van der Waals surface area contributed by atoms with Gasteiger partial charge in [0.2, 0.25) is 5.88 Å². The Morgan fingerprint density at radius 3 is 2.23 bits per heavy atom. The maximum atomic E-state index is 14.4. The van der Waals surface area contributed by atoms with Crippen LogP contribution in [-0.2, 0) is 4.43 Å². The first-order valence-electron chi connectivity index (χ1n) is 9.47. The van der Waals surface area contributed by atoms with Crippen molar-refractivity contribution < 1.29 is 31.1 Å². The van der Waals surface area contributed by atoms with Crippen LogP contribution in [0.5, 0.6) is 5.88 Å². The van der Waals surface area contributed by atoms with Crippen LogP contribution in [0.15, 0.2) is 12.3 Å². The third kappa shape index (κ3) is 6.90. The number of ether oxygens (including phenoxy) is 1. The molecule has 2 atom stereocenters. The molecule has 0 bridgehead atoms. The second kappa shape index (κ2) is 10.5. The summed E-state index contributed by atoms with van der Waals surface area (Å²) in [5.74, 6) is -4.58. The van der Waals surface area contributed by atoms with Crippen LogP contribution in [0.25, 0.3) is 0 Å². The summed E-state index contributed by atoms with van der Waals surface area (Å²) in [5.41, 5.74) is -0.338. The van der Waals surface area contributed by atoms with E-state index in [0.717, 1.165) is 12.3 Å². The Hall–Kier alpha value is -0.683. The largest absolute Gasteiger partial charge is 0.481 e. The third-order valence-corrected chi connectivity index (χ3v) is 10.2. The number of methoxy groups -OCH3 is 1. The summed E-state index contributed by atoms with van der Waals surface area (Å²) in [4.78, 5) is 3.92. The molecule has 1 fully saturated rings. The van der Waals surface area contributed by atoms with Gasteiger partial charge in [-0.1, -0.05) is 20.8 Å². The molecule has 4 nitrogen and oxygen atoms in total. The highest BCUT2D eigenvalue weighted by Crippen LogP contribution is 2.47. The summed E-state index contributed by atoms with van der Waals surface area (Å²) >= 11 is 0. The molecule has 2 rings (SSSR count). The van der Waals surface area contributed by atoms with E-state index in [0.29, 0.717) is 0 Å². The summed E-state index contributed by atoms with van der Waals surface area (Å²) in [6.07, 6.45) is -6.29. The van der Waals surface area contributed by atoms with Crippen molar-refractivity contribution in [3.63, 3.8) is 0 Å². The van der Waals surface area contributed by atoms with Gasteiger partial charge in [-0.25, -0.2) is 13.8 Å². The number of alkyl halides is 5. The molecule has 1 aliphatic rings. The first-order valence-corrected chi connectivity index (χ1v) is 12.4. The lowest BCUT2D eigenvalue weighted by molar-refractivity contribution is -0.202. The van der Waals surface area contributed by atoms with E-state index in [4.69, 9.17) is 9.16 Å². The standard InChI is InChI=1S/C19H29F5N2O2Si.2ClH/c1-17(2,3)29(5,6)28-15(19(22,23)24)13-9-12(10-26-16(13)27-4)14-11-25-8-7-18(14,20)21;;/h9-10,14-15,25H,7-8,11H2,1-6H3;2*1H. The van der Waals surface area contributed by atoms with Gasteiger partial charge in [0.1, 0.15) is 0 Å². The Morgan fingerprint density at radius 2 is 1.77 bits per heavy atom. The minimum Gasteiger partial charge on any atom is -0.481 e. The van der Waals surface area contributed by atoms with E-state index in [-0.39, 0.29) is 61.3 Å². The second-order valence-corrected chi connectivity index (χ2v) is 13.7. The quantitative estimate of drug-likeness (QED) is 0.372. The zero-order valence-corrected chi connectivity index (χ0v) is 21.0. The van der Waals surface area contributed by atoms with Gasteiger partial charge >= 0.3 is 6.18 Å². The van der Waals surface area contributed by atoms with Gasteiger partial charge in [0.05, 0.1) is 18.6 Å².